The average Bonchev–Trinajstić information content (AvgIpc) is 3.23. The molecule has 2 aromatic carbocycles. The summed E-state index contributed by atoms with van der Waals surface area (Å²) in [4.78, 5) is 20.6. The number of ether oxygens (including phenoxy) is 1. The Morgan fingerprint density at radius 3 is 2.67 bits per heavy atom. The smallest absolute Gasteiger partial charge is 0.270 e. The SMILES string of the molecule is CCOc1ccc(N=c2scc(-c3cccc([N+](=O)[O-])c3)n2N=C(C)c2ccccn2)cc1. The molecule has 33 heavy (non-hydrogen) atoms. The molecule has 0 atom stereocenters. The van der Waals surface area contributed by atoms with E-state index < -0.39 is 4.92 Å². The van der Waals surface area contributed by atoms with Crippen LogP contribution in [0.1, 0.15) is 19.5 Å². The molecule has 0 bridgehead atoms. The van der Waals surface area contributed by atoms with Gasteiger partial charge in [-0.05, 0) is 50.2 Å². The van der Waals surface area contributed by atoms with Gasteiger partial charge in [-0.25, -0.2) is 9.67 Å². The molecule has 2 aromatic heterocycles. The Morgan fingerprint density at radius 2 is 1.97 bits per heavy atom. The van der Waals surface area contributed by atoms with Crippen LogP contribution in [0.15, 0.2) is 88.4 Å². The molecule has 0 N–H and O–H groups in total. The predicted octanol–water partition coefficient (Wildman–Crippen LogP) is 5.42. The number of nitrogens with zero attached hydrogens (tertiary/aromatic N) is 5. The number of non-ortho nitro benzene ring substituents is 1. The van der Waals surface area contributed by atoms with Crippen LogP contribution in [0.4, 0.5) is 11.4 Å². The number of pyridine rings is 1. The van der Waals surface area contributed by atoms with Crippen LogP contribution in [0.2, 0.25) is 0 Å². The van der Waals surface area contributed by atoms with Crippen molar-refractivity contribution in [3.8, 4) is 17.0 Å². The molecule has 0 unspecified atom stereocenters. The van der Waals surface area contributed by atoms with Crippen LogP contribution in [0.25, 0.3) is 11.3 Å². The topological polar surface area (TPSA) is 94.9 Å². The number of benzene rings is 2. The van der Waals surface area contributed by atoms with E-state index in [1.165, 1.54) is 23.5 Å². The van der Waals surface area contributed by atoms with Gasteiger partial charge in [-0.15, -0.1) is 11.3 Å². The van der Waals surface area contributed by atoms with Gasteiger partial charge in [0, 0.05) is 29.3 Å². The fraction of sp³-hybridized carbons (Fsp3) is 0.125. The summed E-state index contributed by atoms with van der Waals surface area (Å²) in [7, 11) is 0. The Kier molecular flexibility index (Phi) is 6.70. The fourth-order valence-corrected chi connectivity index (χ4v) is 3.97. The molecule has 0 spiro atoms. The van der Waals surface area contributed by atoms with Gasteiger partial charge < -0.3 is 4.74 Å². The second kappa shape index (κ2) is 10.0. The van der Waals surface area contributed by atoms with E-state index in [9.17, 15) is 10.1 Å². The lowest BCUT2D eigenvalue weighted by Crippen LogP contribution is -2.14. The first-order valence-electron chi connectivity index (χ1n) is 10.2. The van der Waals surface area contributed by atoms with Crippen LogP contribution < -0.4 is 9.54 Å². The van der Waals surface area contributed by atoms with Gasteiger partial charge in [0.15, 0.2) is 0 Å². The number of thiazole rings is 1. The Hall–Kier alpha value is -4.11. The van der Waals surface area contributed by atoms with Gasteiger partial charge in [0.1, 0.15) is 5.75 Å². The van der Waals surface area contributed by atoms with Crippen LogP contribution in [-0.2, 0) is 0 Å². The lowest BCUT2D eigenvalue weighted by Gasteiger charge is -2.06. The molecule has 0 fully saturated rings. The quantitative estimate of drug-likeness (QED) is 0.209. The molecule has 0 saturated heterocycles. The lowest BCUT2D eigenvalue weighted by molar-refractivity contribution is -0.384. The first-order valence-corrected chi connectivity index (χ1v) is 11.1. The highest BCUT2D eigenvalue weighted by Gasteiger charge is 2.13. The molecule has 9 heteroatoms. The van der Waals surface area contributed by atoms with Crippen molar-refractivity contribution in [3.63, 3.8) is 0 Å². The number of aromatic nitrogens is 2. The third-order valence-electron chi connectivity index (χ3n) is 4.70. The standard InChI is InChI=1S/C24H21N5O3S/c1-3-32-21-12-10-19(11-13-21)26-24-28(27-17(2)22-9-4-5-14-25-22)23(16-33-24)18-7-6-8-20(15-18)29(30)31/h4-16H,3H2,1-2H3. The highest BCUT2D eigenvalue weighted by molar-refractivity contribution is 7.07. The van der Waals surface area contributed by atoms with E-state index in [4.69, 9.17) is 14.8 Å². The molecule has 166 valence electrons. The molecule has 4 rings (SSSR count). The molecule has 0 amide bonds. The summed E-state index contributed by atoms with van der Waals surface area (Å²) in [6, 6.07) is 19.6. The monoisotopic (exact) mass is 459 g/mol. The van der Waals surface area contributed by atoms with Crippen LogP contribution in [0.5, 0.6) is 5.75 Å². The molecule has 2 heterocycles. The molecule has 0 saturated carbocycles. The van der Waals surface area contributed by atoms with Gasteiger partial charge in [-0.1, -0.05) is 18.2 Å². The van der Waals surface area contributed by atoms with E-state index in [1.807, 2.05) is 67.8 Å². The minimum Gasteiger partial charge on any atom is -0.494 e. The summed E-state index contributed by atoms with van der Waals surface area (Å²) in [5.74, 6) is 0.775. The number of nitro groups is 1. The van der Waals surface area contributed by atoms with Crippen molar-refractivity contribution >= 4 is 28.4 Å². The number of rotatable bonds is 7. The van der Waals surface area contributed by atoms with Crippen molar-refractivity contribution in [2.24, 2.45) is 10.1 Å². The van der Waals surface area contributed by atoms with E-state index >= 15 is 0 Å². The number of hydrogen-bond donors (Lipinski definition) is 0. The Labute approximate surface area is 194 Å². The Balaban J connectivity index is 1.85. The maximum atomic E-state index is 11.3. The lowest BCUT2D eigenvalue weighted by atomic mass is 10.1. The zero-order chi connectivity index (χ0) is 23.2. The molecule has 0 radical (unpaired) electrons. The first-order chi connectivity index (χ1) is 16.0. The molecule has 4 aromatic rings. The highest BCUT2D eigenvalue weighted by Crippen LogP contribution is 2.25. The van der Waals surface area contributed by atoms with Gasteiger partial charge in [0.2, 0.25) is 4.80 Å². The zero-order valence-corrected chi connectivity index (χ0v) is 18.9. The van der Waals surface area contributed by atoms with Crippen LogP contribution in [-0.4, -0.2) is 26.9 Å². The van der Waals surface area contributed by atoms with E-state index in [1.54, 1.807) is 16.9 Å². The van der Waals surface area contributed by atoms with Crippen molar-refractivity contribution in [1.82, 2.24) is 9.66 Å². The van der Waals surface area contributed by atoms with Crippen molar-refractivity contribution in [2.75, 3.05) is 6.61 Å². The maximum absolute atomic E-state index is 11.3. The van der Waals surface area contributed by atoms with E-state index in [0.717, 1.165) is 17.1 Å². The van der Waals surface area contributed by atoms with E-state index in [0.29, 0.717) is 28.4 Å². The van der Waals surface area contributed by atoms with Crippen molar-refractivity contribution in [2.45, 2.75) is 13.8 Å². The van der Waals surface area contributed by atoms with Gasteiger partial charge in [0.05, 0.1) is 34.3 Å². The summed E-state index contributed by atoms with van der Waals surface area (Å²) >= 11 is 1.40. The largest absolute Gasteiger partial charge is 0.494 e. The van der Waals surface area contributed by atoms with Crippen LogP contribution >= 0.6 is 11.3 Å². The molecule has 8 nitrogen and oxygen atoms in total. The highest BCUT2D eigenvalue weighted by atomic mass is 32.1. The van der Waals surface area contributed by atoms with Gasteiger partial charge in [-0.3, -0.25) is 15.1 Å². The normalized spacial score (nSPS) is 12.1. The molecular formula is C24H21N5O3S. The summed E-state index contributed by atoms with van der Waals surface area (Å²) in [6.45, 7) is 4.39. The van der Waals surface area contributed by atoms with E-state index in [-0.39, 0.29) is 5.69 Å². The summed E-state index contributed by atoms with van der Waals surface area (Å²) in [5, 5.41) is 18.0. The predicted molar refractivity (Wildman–Crippen MR) is 129 cm³/mol. The third-order valence-corrected chi connectivity index (χ3v) is 5.51. The Bertz CT molecular complexity index is 1360. The molecule has 0 aliphatic carbocycles. The van der Waals surface area contributed by atoms with Crippen molar-refractivity contribution in [3.05, 3.63) is 98.9 Å². The van der Waals surface area contributed by atoms with Gasteiger partial charge in [-0.2, -0.15) is 5.10 Å². The Morgan fingerprint density at radius 1 is 1.15 bits per heavy atom. The van der Waals surface area contributed by atoms with E-state index in [2.05, 4.69) is 4.98 Å². The molecular weight excluding hydrogens is 438 g/mol. The third kappa shape index (κ3) is 5.21. The van der Waals surface area contributed by atoms with Gasteiger partial charge in [0.25, 0.3) is 5.69 Å². The van der Waals surface area contributed by atoms with Crippen LogP contribution in [0.3, 0.4) is 0 Å². The minimum absolute atomic E-state index is 0.0145. The first kappa shape index (κ1) is 22.1. The van der Waals surface area contributed by atoms with Gasteiger partial charge >= 0.3 is 0 Å². The zero-order valence-electron chi connectivity index (χ0n) is 18.1. The molecule has 0 aliphatic rings. The van der Waals surface area contributed by atoms with Crippen molar-refractivity contribution < 1.29 is 9.66 Å². The number of hydrogen-bond acceptors (Lipinski definition) is 7. The number of nitro benzene ring substituents is 1. The van der Waals surface area contributed by atoms with Crippen LogP contribution in [0, 0.1) is 10.1 Å². The fourth-order valence-electron chi connectivity index (χ4n) is 3.12. The van der Waals surface area contributed by atoms with Crippen molar-refractivity contribution in [1.29, 1.82) is 0 Å². The molecule has 0 aliphatic heterocycles. The maximum Gasteiger partial charge on any atom is 0.270 e. The summed E-state index contributed by atoms with van der Waals surface area (Å²) in [6.07, 6.45) is 1.71. The second-order valence-corrected chi connectivity index (χ2v) is 7.80. The second-order valence-electron chi connectivity index (χ2n) is 6.96. The summed E-state index contributed by atoms with van der Waals surface area (Å²) < 4.78 is 7.20. The minimum atomic E-state index is -0.409. The average molecular weight is 460 g/mol. The summed E-state index contributed by atoms with van der Waals surface area (Å²) in [5.41, 5.74) is 3.54.